The number of hydrogen-bond acceptors (Lipinski definition) is 12. The van der Waals surface area contributed by atoms with Crippen molar-refractivity contribution in [3.63, 3.8) is 0 Å². The number of carboxylic acids is 1. The number of halogens is 3. The number of carbonyl (C=O) groups is 7. The van der Waals surface area contributed by atoms with Crippen LogP contribution in [-0.2, 0) is 49.5 Å². The molecule has 4 amide bonds. The average Bonchev–Trinajstić information content (AvgIpc) is 3.85. The van der Waals surface area contributed by atoms with Crippen LogP contribution in [0.4, 0.5) is 18.9 Å². The van der Waals surface area contributed by atoms with E-state index in [4.69, 9.17) is 9.47 Å². The molecule has 4 fully saturated rings. The van der Waals surface area contributed by atoms with Gasteiger partial charge in [0.1, 0.15) is 24.3 Å². The number of alkyl halides is 3. The van der Waals surface area contributed by atoms with Crippen molar-refractivity contribution in [3.8, 4) is 0 Å². The van der Waals surface area contributed by atoms with Crippen molar-refractivity contribution in [2.45, 2.75) is 158 Å². The number of amides is 4. The van der Waals surface area contributed by atoms with Gasteiger partial charge in [-0.2, -0.15) is 0 Å². The predicted octanol–water partition coefficient (Wildman–Crippen LogP) is 7.16. The number of aliphatic carboxylic acids is 1. The largest absolute Gasteiger partial charge is 0.481 e. The lowest BCUT2D eigenvalue weighted by Crippen LogP contribution is -2.70. The molecule has 3 unspecified atom stereocenters. The minimum atomic E-state index is -2.38. The van der Waals surface area contributed by atoms with Gasteiger partial charge in [-0.3, -0.25) is 33.6 Å². The van der Waals surface area contributed by atoms with Crippen LogP contribution in [-0.4, -0.2) is 115 Å². The minimum absolute atomic E-state index is 0.0168. The number of nitrogens with one attached hydrogen (secondary N) is 4. The first-order valence-corrected chi connectivity index (χ1v) is 27.2. The smallest absolute Gasteiger partial charge is 0.305 e. The third kappa shape index (κ3) is 11.1. The molecule has 2 aromatic rings. The Kier molecular flexibility index (Phi) is 17.7. The second kappa shape index (κ2) is 23.1. The van der Waals surface area contributed by atoms with E-state index in [1.54, 1.807) is 37.3 Å². The van der Waals surface area contributed by atoms with Gasteiger partial charge in [-0.25, -0.2) is 13.2 Å². The Labute approximate surface area is 437 Å². The van der Waals surface area contributed by atoms with E-state index < -0.39 is 122 Å². The van der Waals surface area contributed by atoms with Gasteiger partial charge in [-0.1, -0.05) is 87.8 Å². The Morgan fingerprint density at radius 1 is 0.932 bits per heavy atom. The Hall–Kier alpha value is -5.02. The van der Waals surface area contributed by atoms with Gasteiger partial charge in [0, 0.05) is 46.2 Å². The van der Waals surface area contributed by atoms with E-state index in [0.29, 0.717) is 29.4 Å². The number of aliphatic hydroxyl groups excluding tert-OH is 1. The molecule has 15 nitrogen and oxygen atoms in total. The fraction of sp³-hybridized carbons (Fsp3) is 0.574. The van der Waals surface area contributed by atoms with Crippen LogP contribution in [0, 0.1) is 22.7 Å². The number of hydrogen-bond donors (Lipinski definition) is 6. The molecular weight excluding hydrogens is 1000 g/mol. The molecule has 6 N–H and O–H groups in total. The summed E-state index contributed by atoms with van der Waals surface area (Å²) in [4.78, 5) is 89.4. The standard InChI is InChI=1S/C54H67F3N4O11S2/c1-7-8-10-29(2)74-41(26-45(65)66)48(69)58-20-18-44(64)59-30(3)46(67)60-31(4)47(68)61-35-12-9-11-33(22-35)21-32-13-15-34(16-14-32)49-71-43-25-37-38-24-40(56)39-23-36(62)17-19-51(39,5)53(38,57)42(63)27-52(37,6)54(43,72-49)50(70)73-28-55/h9,11-17,19,22-23,29-31,37-38,40-43,49,63H,7-8,10,18,20-21,24-28H2,1-6H3,(H,58,69)(H,59,64)(H,60,67)(H,61,68)(H,65,66)/t29?,30-,31-,37?,38-,40-,41?,42-,43+,49+,51-,52-,53-,54-/m0/s1. The Morgan fingerprint density at radius 2 is 1.65 bits per heavy atom. The third-order valence-electron chi connectivity index (χ3n) is 15.9. The summed E-state index contributed by atoms with van der Waals surface area (Å²) in [5.41, 5.74) is -4.40. The number of unbranched alkanes of at least 4 members (excludes halogenated alkanes) is 1. The lowest BCUT2D eigenvalue weighted by atomic mass is 9.44. The van der Waals surface area contributed by atoms with Crippen LogP contribution in [0.1, 0.15) is 116 Å². The van der Waals surface area contributed by atoms with Crippen LogP contribution in [0.5, 0.6) is 0 Å². The second-order valence-electron chi connectivity index (χ2n) is 20.8. The van der Waals surface area contributed by atoms with E-state index in [0.717, 1.165) is 36.5 Å². The first-order chi connectivity index (χ1) is 35.0. The van der Waals surface area contributed by atoms with E-state index in [1.165, 1.54) is 44.7 Å². The number of anilines is 1. The number of ether oxygens (including phenoxy) is 2. The highest BCUT2D eigenvalue weighted by atomic mass is 32.2. The van der Waals surface area contributed by atoms with Crippen molar-refractivity contribution >= 4 is 69.7 Å². The van der Waals surface area contributed by atoms with Gasteiger partial charge >= 0.3 is 5.97 Å². The maximum Gasteiger partial charge on any atom is 0.305 e. The Balaban J connectivity index is 0.920. The van der Waals surface area contributed by atoms with Crippen molar-refractivity contribution in [1.29, 1.82) is 0 Å². The molecular formula is C54H67F3N4O11S2. The molecule has 1 aliphatic heterocycles. The molecule has 2 aromatic carbocycles. The summed E-state index contributed by atoms with van der Waals surface area (Å²) in [7, 11) is 0. The van der Waals surface area contributed by atoms with Crippen LogP contribution in [0.25, 0.3) is 0 Å². The monoisotopic (exact) mass is 1070 g/mol. The number of aliphatic hydroxyl groups is 1. The fourth-order valence-electron chi connectivity index (χ4n) is 12.0. The first kappa shape index (κ1) is 56.7. The van der Waals surface area contributed by atoms with Crippen molar-refractivity contribution in [3.05, 3.63) is 89.0 Å². The molecule has 74 heavy (non-hydrogen) atoms. The van der Waals surface area contributed by atoms with E-state index in [2.05, 4.69) is 21.3 Å². The van der Waals surface area contributed by atoms with Gasteiger partial charge in [0.25, 0.3) is 0 Å². The molecule has 4 aliphatic carbocycles. The second-order valence-corrected chi connectivity index (χ2v) is 23.3. The number of rotatable bonds is 21. The predicted molar refractivity (Wildman–Crippen MR) is 274 cm³/mol. The molecule has 402 valence electrons. The van der Waals surface area contributed by atoms with Gasteiger partial charge in [0.05, 0.1) is 23.9 Å². The van der Waals surface area contributed by atoms with Crippen LogP contribution < -0.4 is 21.3 Å². The zero-order valence-corrected chi connectivity index (χ0v) is 44.1. The minimum Gasteiger partial charge on any atom is -0.481 e. The molecule has 7 rings (SSSR count). The zero-order chi connectivity index (χ0) is 53.9. The highest BCUT2D eigenvalue weighted by Crippen LogP contribution is 2.73. The van der Waals surface area contributed by atoms with Gasteiger partial charge in [0.2, 0.25) is 28.7 Å². The number of thioether (sulfide) groups is 2. The number of allylic oxidation sites excluding steroid dienone is 4. The highest BCUT2D eigenvalue weighted by Gasteiger charge is 2.80. The summed E-state index contributed by atoms with van der Waals surface area (Å²) in [6, 6.07) is 11.3. The molecule has 0 bridgehead atoms. The molecule has 3 saturated carbocycles. The first-order valence-electron chi connectivity index (χ1n) is 25.3. The number of fused-ring (bicyclic) bond motifs is 7. The van der Waals surface area contributed by atoms with Gasteiger partial charge < -0.3 is 41.0 Å². The lowest BCUT2D eigenvalue weighted by Gasteiger charge is -2.63. The lowest BCUT2D eigenvalue weighted by molar-refractivity contribution is -0.232. The maximum absolute atomic E-state index is 17.8. The van der Waals surface area contributed by atoms with E-state index in [9.17, 15) is 48.2 Å². The molecule has 5 aliphatic rings. The number of carbonyl (C=O) groups excluding carboxylic acids is 6. The molecule has 20 heteroatoms. The summed E-state index contributed by atoms with van der Waals surface area (Å²) >= 11 is 1.71. The highest BCUT2D eigenvalue weighted by molar-refractivity contribution is 8.13. The summed E-state index contributed by atoms with van der Waals surface area (Å²) in [5, 5.41) is 30.4. The molecule has 0 spiro atoms. The summed E-state index contributed by atoms with van der Waals surface area (Å²) < 4.78 is 61.0. The summed E-state index contributed by atoms with van der Waals surface area (Å²) in [6.45, 7) is 10.1. The van der Waals surface area contributed by atoms with Gasteiger partial charge in [0.15, 0.2) is 23.3 Å². The van der Waals surface area contributed by atoms with Crippen LogP contribution >= 0.6 is 23.5 Å². The molecule has 1 saturated heterocycles. The van der Waals surface area contributed by atoms with Crippen molar-refractivity contribution in [2.75, 3.05) is 17.9 Å². The Bertz CT molecular complexity index is 2550. The third-order valence-corrected chi connectivity index (χ3v) is 18.0. The molecule has 0 radical (unpaired) electrons. The number of ketones is 1. The number of benzene rings is 2. The van der Waals surface area contributed by atoms with Crippen molar-refractivity contribution in [1.82, 2.24) is 16.0 Å². The average molecular weight is 1070 g/mol. The normalized spacial score (nSPS) is 31.3. The molecule has 14 atom stereocenters. The maximum atomic E-state index is 17.8. The van der Waals surface area contributed by atoms with Gasteiger partial charge in [-0.15, -0.1) is 11.8 Å². The van der Waals surface area contributed by atoms with Crippen molar-refractivity contribution < 1.29 is 66.4 Å². The quantitative estimate of drug-likeness (QED) is 0.0731. The zero-order valence-electron chi connectivity index (χ0n) is 42.4. The fourth-order valence-corrected chi connectivity index (χ4v) is 14.1. The van der Waals surface area contributed by atoms with Gasteiger partial charge in [-0.05, 0) is 99.8 Å². The summed E-state index contributed by atoms with van der Waals surface area (Å²) in [6.07, 6.45) is 0.466. The Morgan fingerprint density at radius 3 is 2.34 bits per heavy atom. The molecule has 0 aromatic heterocycles. The van der Waals surface area contributed by atoms with E-state index in [1.807, 2.05) is 32.0 Å². The van der Waals surface area contributed by atoms with Crippen molar-refractivity contribution in [2.24, 2.45) is 22.7 Å². The summed E-state index contributed by atoms with van der Waals surface area (Å²) in [5.74, 6) is -5.48. The van der Waals surface area contributed by atoms with Crippen LogP contribution in [0.3, 0.4) is 0 Å². The number of carboxylic acid groups (broad SMARTS) is 1. The SMILES string of the molecule is CCCCC(C)SC(CC(=O)O)C(=O)NCCC(=O)N[C@@H](C)C(=O)N[C@@H](C)C(=O)Nc1cccc(Cc2ccc([C@@H]3O[C@@H]4CC5[C@@H]6C[C@H](F)C7=CC(=O)C=C[C@]7(C)[C@@]6(F)[C@@H](O)C[C@]5(C)[C@]4(C(=O)SCF)O3)cc2)c1. The van der Waals surface area contributed by atoms with Crippen LogP contribution in [0.15, 0.2) is 72.3 Å². The van der Waals surface area contributed by atoms with E-state index >= 15 is 8.78 Å². The van der Waals surface area contributed by atoms with E-state index in [-0.39, 0.29) is 49.5 Å². The molecule has 1 heterocycles. The topological polar surface area (TPSA) is 227 Å². The van der Waals surface area contributed by atoms with Crippen LogP contribution in [0.2, 0.25) is 0 Å².